The van der Waals surface area contributed by atoms with E-state index in [-0.39, 0.29) is 5.91 Å². The molecule has 4 aromatic rings. The molecule has 162 valence electrons. The van der Waals surface area contributed by atoms with Crippen molar-refractivity contribution < 1.29 is 4.79 Å². The minimum Gasteiger partial charge on any atom is -0.338 e. The van der Waals surface area contributed by atoms with Gasteiger partial charge in [0.05, 0.1) is 11.0 Å². The Bertz CT molecular complexity index is 1250. The maximum atomic E-state index is 13.2. The first-order valence-corrected chi connectivity index (χ1v) is 11.5. The number of fused-ring (bicyclic) bond motifs is 1. The Labute approximate surface area is 189 Å². The Kier molecular flexibility index (Phi) is 5.52. The van der Waals surface area contributed by atoms with Crippen molar-refractivity contribution in [1.82, 2.24) is 14.5 Å². The second-order valence-corrected chi connectivity index (χ2v) is 8.89. The van der Waals surface area contributed by atoms with Crippen molar-refractivity contribution in [3.63, 3.8) is 0 Å². The molecular weight excluding hydrogens is 394 g/mol. The minimum atomic E-state index is 0.157. The SMILES string of the molecule is Cc1ccc(C)c(C(=O)N2CCC(n3c(Cc4ccccc4)nc4ccccc43)CC2)c1. The van der Waals surface area contributed by atoms with Gasteiger partial charge in [-0.3, -0.25) is 4.79 Å². The van der Waals surface area contributed by atoms with Gasteiger partial charge in [0, 0.05) is 31.1 Å². The normalized spacial score (nSPS) is 14.8. The second-order valence-electron chi connectivity index (χ2n) is 8.89. The lowest BCUT2D eigenvalue weighted by Crippen LogP contribution is -2.39. The lowest BCUT2D eigenvalue weighted by atomic mass is 10.0. The molecule has 1 aliphatic heterocycles. The summed E-state index contributed by atoms with van der Waals surface area (Å²) >= 11 is 0. The van der Waals surface area contributed by atoms with Crippen LogP contribution in [0.3, 0.4) is 0 Å². The summed E-state index contributed by atoms with van der Waals surface area (Å²) in [6.07, 6.45) is 2.70. The average molecular weight is 424 g/mol. The number of nitrogens with zero attached hydrogens (tertiary/aromatic N) is 3. The Morgan fingerprint density at radius 1 is 0.938 bits per heavy atom. The average Bonchev–Trinajstić information content (AvgIpc) is 3.18. The molecule has 0 spiro atoms. The van der Waals surface area contributed by atoms with Crippen molar-refractivity contribution in [3.05, 3.63) is 101 Å². The zero-order valence-corrected chi connectivity index (χ0v) is 18.8. The first kappa shape index (κ1) is 20.5. The van der Waals surface area contributed by atoms with Crippen LogP contribution >= 0.6 is 0 Å². The zero-order chi connectivity index (χ0) is 22.1. The summed E-state index contributed by atoms with van der Waals surface area (Å²) in [7, 11) is 0. The van der Waals surface area contributed by atoms with Crippen LogP contribution in [0.15, 0.2) is 72.8 Å². The van der Waals surface area contributed by atoms with Crippen molar-refractivity contribution in [3.8, 4) is 0 Å². The van der Waals surface area contributed by atoms with Crippen molar-refractivity contribution in [2.75, 3.05) is 13.1 Å². The van der Waals surface area contributed by atoms with Crippen molar-refractivity contribution >= 4 is 16.9 Å². The van der Waals surface area contributed by atoms with E-state index >= 15 is 0 Å². The number of piperidine rings is 1. The van der Waals surface area contributed by atoms with Crippen LogP contribution in [0.4, 0.5) is 0 Å². The number of hydrogen-bond donors (Lipinski definition) is 0. The number of likely N-dealkylation sites (tertiary alicyclic amines) is 1. The van der Waals surface area contributed by atoms with Crippen molar-refractivity contribution in [2.24, 2.45) is 0 Å². The molecule has 4 heteroatoms. The highest BCUT2D eigenvalue weighted by Crippen LogP contribution is 2.30. The number of amides is 1. The minimum absolute atomic E-state index is 0.157. The van der Waals surface area contributed by atoms with Crippen LogP contribution in [-0.2, 0) is 6.42 Å². The highest BCUT2D eigenvalue weighted by molar-refractivity contribution is 5.96. The fourth-order valence-corrected chi connectivity index (χ4v) is 4.87. The highest BCUT2D eigenvalue weighted by Gasteiger charge is 2.27. The second kappa shape index (κ2) is 8.62. The lowest BCUT2D eigenvalue weighted by Gasteiger charge is -2.34. The van der Waals surface area contributed by atoms with Gasteiger partial charge in [-0.15, -0.1) is 0 Å². The van der Waals surface area contributed by atoms with Gasteiger partial charge in [0.2, 0.25) is 0 Å². The molecule has 1 fully saturated rings. The maximum Gasteiger partial charge on any atom is 0.254 e. The summed E-state index contributed by atoms with van der Waals surface area (Å²) in [6.45, 7) is 5.61. The smallest absolute Gasteiger partial charge is 0.254 e. The Balaban J connectivity index is 1.39. The molecule has 0 aliphatic carbocycles. The number of para-hydroxylation sites is 2. The molecule has 2 heterocycles. The summed E-state index contributed by atoms with van der Waals surface area (Å²) < 4.78 is 2.43. The summed E-state index contributed by atoms with van der Waals surface area (Å²) in [4.78, 5) is 20.2. The van der Waals surface area contributed by atoms with Crippen LogP contribution in [0.1, 0.15) is 51.8 Å². The number of aryl methyl sites for hydroxylation is 2. The van der Waals surface area contributed by atoms with Gasteiger partial charge in [-0.1, -0.05) is 60.2 Å². The van der Waals surface area contributed by atoms with E-state index in [0.29, 0.717) is 6.04 Å². The molecule has 3 aromatic carbocycles. The van der Waals surface area contributed by atoms with Gasteiger partial charge in [0.15, 0.2) is 0 Å². The zero-order valence-electron chi connectivity index (χ0n) is 18.8. The van der Waals surface area contributed by atoms with E-state index in [2.05, 4.69) is 65.2 Å². The third kappa shape index (κ3) is 3.93. The van der Waals surface area contributed by atoms with Gasteiger partial charge < -0.3 is 9.47 Å². The number of rotatable bonds is 4. The van der Waals surface area contributed by atoms with Crippen LogP contribution in [0, 0.1) is 13.8 Å². The van der Waals surface area contributed by atoms with Crippen molar-refractivity contribution in [2.45, 2.75) is 39.2 Å². The fourth-order valence-electron chi connectivity index (χ4n) is 4.87. The van der Waals surface area contributed by atoms with Crippen LogP contribution in [0.5, 0.6) is 0 Å². The van der Waals surface area contributed by atoms with Gasteiger partial charge in [-0.05, 0) is 56.0 Å². The fraction of sp³-hybridized carbons (Fsp3) is 0.286. The molecule has 1 saturated heterocycles. The maximum absolute atomic E-state index is 13.2. The van der Waals surface area contributed by atoms with E-state index in [9.17, 15) is 4.79 Å². The van der Waals surface area contributed by atoms with Gasteiger partial charge in [-0.25, -0.2) is 4.98 Å². The number of carbonyl (C=O) groups is 1. The third-order valence-corrected chi connectivity index (χ3v) is 6.61. The Hall–Kier alpha value is -3.40. The predicted octanol–water partition coefficient (Wildman–Crippen LogP) is 5.72. The highest BCUT2D eigenvalue weighted by atomic mass is 16.2. The molecule has 0 saturated carbocycles. The number of carbonyl (C=O) groups excluding carboxylic acids is 1. The van der Waals surface area contributed by atoms with E-state index in [1.807, 2.05) is 30.9 Å². The standard InChI is InChI=1S/C28H29N3O/c1-20-12-13-21(2)24(18-20)28(32)30-16-14-23(15-17-30)31-26-11-7-6-10-25(26)29-27(31)19-22-8-4-3-5-9-22/h3-13,18,23H,14-17,19H2,1-2H3. The summed E-state index contributed by atoms with van der Waals surface area (Å²) in [6, 6.07) is 25.4. The van der Waals surface area contributed by atoms with E-state index in [1.54, 1.807) is 0 Å². The van der Waals surface area contributed by atoms with Crippen LogP contribution in [0.2, 0.25) is 0 Å². The van der Waals surface area contributed by atoms with Crippen molar-refractivity contribution in [1.29, 1.82) is 0 Å². The van der Waals surface area contributed by atoms with Crippen LogP contribution < -0.4 is 0 Å². The predicted molar refractivity (Wildman–Crippen MR) is 129 cm³/mol. The lowest BCUT2D eigenvalue weighted by molar-refractivity contribution is 0.0694. The molecule has 0 N–H and O–H groups in total. The number of hydrogen-bond acceptors (Lipinski definition) is 2. The molecule has 0 bridgehead atoms. The summed E-state index contributed by atoms with van der Waals surface area (Å²) in [5.41, 5.74) is 6.52. The number of imidazole rings is 1. The Morgan fingerprint density at radius 3 is 2.44 bits per heavy atom. The van der Waals surface area contributed by atoms with E-state index in [0.717, 1.165) is 60.4 Å². The molecule has 1 aromatic heterocycles. The molecule has 1 amide bonds. The Morgan fingerprint density at radius 2 is 1.66 bits per heavy atom. The molecule has 0 unspecified atom stereocenters. The third-order valence-electron chi connectivity index (χ3n) is 6.61. The summed E-state index contributed by atoms with van der Waals surface area (Å²) in [5.74, 6) is 1.27. The van der Waals surface area contributed by atoms with E-state index in [4.69, 9.17) is 4.98 Å². The molecular formula is C28H29N3O. The van der Waals surface area contributed by atoms with Gasteiger partial charge in [0.1, 0.15) is 5.82 Å². The van der Waals surface area contributed by atoms with E-state index in [1.165, 1.54) is 11.1 Å². The van der Waals surface area contributed by atoms with Gasteiger partial charge >= 0.3 is 0 Å². The molecule has 4 nitrogen and oxygen atoms in total. The number of aromatic nitrogens is 2. The topological polar surface area (TPSA) is 38.1 Å². The monoisotopic (exact) mass is 423 g/mol. The van der Waals surface area contributed by atoms with Crippen LogP contribution in [0.25, 0.3) is 11.0 Å². The van der Waals surface area contributed by atoms with Gasteiger partial charge in [0.25, 0.3) is 5.91 Å². The summed E-state index contributed by atoms with van der Waals surface area (Å²) in [5, 5.41) is 0. The van der Waals surface area contributed by atoms with E-state index < -0.39 is 0 Å². The molecule has 32 heavy (non-hydrogen) atoms. The first-order chi connectivity index (χ1) is 15.6. The molecule has 1 aliphatic rings. The van der Waals surface area contributed by atoms with Gasteiger partial charge in [-0.2, -0.15) is 0 Å². The largest absolute Gasteiger partial charge is 0.338 e. The number of benzene rings is 3. The molecule has 5 rings (SSSR count). The molecule has 0 radical (unpaired) electrons. The quantitative estimate of drug-likeness (QED) is 0.421. The van der Waals surface area contributed by atoms with Crippen LogP contribution in [-0.4, -0.2) is 33.4 Å². The first-order valence-electron chi connectivity index (χ1n) is 11.5. The molecule has 0 atom stereocenters.